The fraction of sp³-hybridized carbons (Fsp3) is 0.500. The molecule has 1 unspecified atom stereocenters. The Bertz CT molecular complexity index is 809. The predicted molar refractivity (Wildman–Crippen MR) is 118 cm³/mol. The van der Waals surface area contributed by atoms with Gasteiger partial charge < -0.3 is 23.7 Å². The van der Waals surface area contributed by atoms with Gasteiger partial charge in [-0.1, -0.05) is 81.4 Å². The minimum Gasteiger partial charge on any atom is -0.405 e. The van der Waals surface area contributed by atoms with Gasteiger partial charge in [-0.05, 0) is 29.3 Å². The molecule has 0 saturated carbocycles. The van der Waals surface area contributed by atoms with Gasteiger partial charge in [0.15, 0.2) is 12.1 Å². The summed E-state index contributed by atoms with van der Waals surface area (Å²) < 4.78 is 24.6. The quantitative estimate of drug-likeness (QED) is 0.742. The first-order valence-corrected chi connectivity index (χ1v) is 12.5. The highest BCUT2D eigenvalue weighted by atomic mass is 28.4. The smallest absolute Gasteiger partial charge is 0.261 e. The van der Waals surface area contributed by atoms with Gasteiger partial charge in [0.25, 0.3) is 8.32 Å². The van der Waals surface area contributed by atoms with Crippen molar-refractivity contribution in [3.63, 3.8) is 0 Å². The third kappa shape index (κ3) is 3.77. The van der Waals surface area contributed by atoms with E-state index in [9.17, 15) is 5.11 Å². The van der Waals surface area contributed by atoms with E-state index in [-0.39, 0.29) is 11.1 Å². The lowest BCUT2D eigenvalue weighted by Gasteiger charge is -2.43. The topological polar surface area (TPSA) is 57.2 Å². The largest absolute Gasteiger partial charge is 0.405 e. The molecule has 5 nitrogen and oxygen atoms in total. The van der Waals surface area contributed by atoms with E-state index in [0.29, 0.717) is 6.61 Å². The molecule has 2 saturated heterocycles. The van der Waals surface area contributed by atoms with Crippen molar-refractivity contribution in [3.8, 4) is 0 Å². The van der Waals surface area contributed by atoms with E-state index in [1.165, 1.54) is 10.4 Å². The maximum Gasteiger partial charge on any atom is 0.261 e. The van der Waals surface area contributed by atoms with Crippen molar-refractivity contribution >= 4 is 18.7 Å². The zero-order valence-electron chi connectivity index (χ0n) is 18.4. The van der Waals surface area contributed by atoms with Crippen LogP contribution < -0.4 is 10.4 Å². The number of aliphatic hydroxyl groups excluding tert-OH is 1. The van der Waals surface area contributed by atoms with Crippen LogP contribution in [0, 0.1) is 0 Å². The first-order chi connectivity index (χ1) is 14.1. The van der Waals surface area contributed by atoms with Gasteiger partial charge in [-0.15, -0.1) is 0 Å². The van der Waals surface area contributed by atoms with E-state index in [0.717, 1.165) is 0 Å². The van der Waals surface area contributed by atoms with Gasteiger partial charge in [-0.2, -0.15) is 0 Å². The molecule has 30 heavy (non-hydrogen) atoms. The molecule has 4 rings (SSSR count). The van der Waals surface area contributed by atoms with E-state index >= 15 is 0 Å². The van der Waals surface area contributed by atoms with Crippen molar-refractivity contribution in [2.75, 3.05) is 6.61 Å². The van der Waals surface area contributed by atoms with Gasteiger partial charge >= 0.3 is 0 Å². The van der Waals surface area contributed by atoms with E-state index in [4.69, 9.17) is 18.6 Å². The number of benzene rings is 2. The predicted octanol–water partition coefficient (Wildman–Crippen LogP) is 2.80. The Hall–Kier alpha value is -1.54. The molecular weight excluding hydrogens is 396 g/mol. The minimum absolute atomic E-state index is 0.126. The van der Waals surface area contributed by atoms with Crippen LogP contribution in [0.25, 0.3) is 0 Å². The van der Waals surface area contributed by atoms with E-state index in [1.807, 2.05) is 26.0 Å². The second-order valence-corrected chi connectivity index (χ2v) is 13.9. The molecule has 0 aliphatic carbocycles. The number of aliphatic hydroxyl groups is 1. The van der Waals surface area contributed by atoms with Crippen molar-refractivity contribution in [1.29, 1.82) is 0 Å². The zero-order chi connectivity index (χ0) is 21.6. The summed E-state index contributed by atoms with van der Waals surface area (Å²) in [5, 5.41) is 12.6. The average Bonchev–Trinajstić information content (AvgIpc) is 3.17. The molecule has 2 aliphatic rings. The summed E-state index contributed by atoms with van der Waals surface area (Å²) in [6.07, 6.45) is -2.25. The first-order valence-electron chi connectivity index (χ1n) is 10.6. The average molecular weight is 429 g/mol. The molecule has 2 aromatic carbocycles. The Morgan fingerprint density at radius 2 is 1.40 bits per heavy atom. The standard InChI is InChI=1S/C24H32O5Si/c1-23(2,3)30(17-12-8-6-9-13-17,18-14-10-7-11-15-18)26-16-19-20-21(22(25)27-19)29-24(4,5)28-20/h6-15,19-22,25H,16H2,1-5H3/t19-,20-,21-,22?/m0/s1. The lowest BCUT2D eigenvalue weighted by Crippen LogP contribution is -2.67. The van der Waals surface area contributed by atoms with Crippen LogP contribution in [-0.4, -0.2) is 50.4 Å². The monoisotopic (exact) mass is 428 g/mol. The number of hydrogen-bond acceptors (Lipinski definition) is 5. The van der Waals surface area contributed by atoms with Crippen LogP contribution >= 0.6 is 0 Å². The number of ether oxygens (including phenoxy) is 3. The van der Waals surface area contributed by atoms with Crippen LogP contribution in [0.5, 0.6) is 0 Å². The maximum atomic E-state index is 10.4. The van der Waals surface area contributed by atoms with Crippen molar-refractivity contribution in [2.45, 2.75) is 70.0 Å². The van der Waals surface area contributed by atoms with Crippen molar-refractivity contribution < 1.29 is 23.7 Å². The van der Waals surface area contributed by atoms with Crippen molar-refractivity contribution in [2.24, 2.45) is 0 Å². The number of hydrogen-bond donors (Lipinski definition) is 1. The van der Waals surface area contributed by atoms with Gasteiger partial charge in [-0.25, -0.2) is 0 Å². The van der Waals surface area contributed by atoms with E-state index in [1.54, 1.807) is 0 Å². The molecule has 0 amide bonds. The van der Waals surface area contributed by atoms with Crippen molar-refractivity contribution in [3.05, 3.63) is 60.7 Å². The first kappa shape index (κ1) is 21.7. The highest BCUT2D eigenvalue weighted by molar-refractivity contribution is 6.99. The summed E-state index contributed by atoms with van der Waals surface area (Å²) in [4.78, 5) is 0. The summed E-state index contributed by atoms with van der Waals surface area (Å²) in [6.45, 7) is 10.8. The lowest BCUT2D eigenvalue weighted by molar-refractivity contribution is -0.222. The Morgan fingerprint density at radius 1 is 0.900 bits per heavy atom. The van der Waals surface area contributed by atoms with Gasteiger partial charge in [-0.3, -0.25) is 0 Å². The summed E-state index contributed by atoms with van der Waals surface area (Å²) in [6, 6.07) is 21.0. The molecule has 2 heterocycles. The molecule has 0 aromatic heterocycles. The van der Waals surface area contributed by atoms with Gasteiger partial charge in [0, 0.05) is 0 Å². The van der Waals surface area contributed by atoms with Crippen LogP contribution in [0.1, 0.15) is 34.6 Å². The van der Waals surface area contributed by atoms with Crippen LogP contribution in [-0.2, 0) is 18.6 Å². The lowest BCUT2D eigenvalue weighted by atomic mass is 10.1. The normalized spacial score (nSPS) is 28.5. The second kappa shape index (κ2) is 7.86. The molecule has 162 valence electrons. The summed E-state index contributed by atoms with van der Waals surface area (Å²) in [5.41, 5.74) is 0. The van der Waals surface area contributed by atoms with Gasteiger partial charge in [0.05, 0.1) is 6.61 Å². The third-order valence-electron chi connectivity index (χ3n) is 6.01. The SMILES string of the molecule is CC1(C)O[C@H]2[C@H](CO[Si](c3ccccc3)(c3ccccc3)C(C)(C)C)OC(O)[C@H]2O1. The fourth-order valence-corrected chi connectivity index (χ4v) is 9.33. The fourth-order valence-electron chi connectivity index (χ4n) is 4.76. The van der Waals surface area contributed by atoms with Crippen LogP contribution in [0.2, 0.25) is 5.04 Å². The summed E-state index contributed by atoms with van der Waals surface area (Å²) >= 11 is 0. The Kier molecular flexibility index (Phi) is 5.68. The molecule has 2 aliphatic heterocycles. The van der Waals surface area contributed by atoms with Crippen LogP contribution in [0.15, 0.2) is 60.7 Å². The Labute approximate surface area is 180 Å². The Balaban J connectivity index is 1.69. The van der Waals surface area contributed by atoms with Gasteiger partial charge in [0.2, 0.25) is 0 Å². The number of rotatable bonds is 5. The second-order valence-electron chi connectivity index (χ2n) is 9.60. The molecule has 0 bridgehead atoms. The highest BCUT2D eigenvalue weighted by Crippen LogP contribution is 2.40. The molecular formula is C24H32O5Si. The molecule has 2 aromatic rings. The summed E-state index contributed by atoms with van der Waals surface area (Å²) in [5.74, 6) is -0.740. The highest BCUT2D eigenvalue weighted by Gasteiger charge is 2.56. The van der Waals surface area contributed by atoms with E-state index in [2.05, 4.69) is 69.3 Å². The molecule has 2 fully saturated rings. The number of fused-ring (bicyclic) bond motifs is 1. The molecule has 1 N–H and O–H groups in total. The van der Waals surface area contributed by atoms with Crippen molar-refractivity contribution in [1.82, 2.24) is 0 Å². The molecule has 0 radical (unpaired) electrons. The zero-order valence-corrected chi connectivity index (χ0v) is 19.4. The third-order valence-corrected chi connectivity index (χ3v) is 11.0. The minimum atomic E-state index is -2.68. The summed E-state index contributed by atoms with van der Waals surface area (Å²) in [7, 11) is -2.68. The van der Waals surface area contributed by atoms with Crippen LogP contribution in [0.4, 0.5) is 0 Å². The Morgan fingerprint density at radius 3 is 1.90 bits per heavy atom. The molecule has 6 heteroatoms. The van der Waals surface area contributed by atoms with E-state index < -0.39 is 32.6 Å². The maximum absolute atomic E-state index is 10.4. The van der Waals surface area contributed by atoms with Crippen LogP contribution in [0.3, 0.4) is 0 Å². The van der Waals surface area contributed by atoms with Gasteiger partial charge in [0.1, 0.15) is 18.3 Å². The molecule has 0 spiro atoms. The molecule has 4 atom stereocenters.